The Kier molecular flexibility index (Phi) is 5.86. The Morgan fingerprint density at radius 3 is 2.24 bits per heavy atom. The normalized spacial score (nSPS) is 11.2. The summed E-state index contributed by atoms with van der Waals surface area (Å²) in [4.78, 5) is 12.4. The Bertz CT molecular complexity index is 1180. The van der Waals surface area contributed by atoms with Gasteiger partial charge < -0.3 is 5.32 Å². The third-order valence-electron chi connectivity index (χ3n) is 4.03. The fraction of sp³-hybridized carbons (Fsp3) is 0.0500. The number of rotatable bonds is 5. The molecule has 0 fully saturated rings. The molecule has 0 aliphatic heterocycles. The largest absolute Gasteiger partial charge is 0.322 e. The van der Waals surface area contributed by atoms with E-state index in [2.05, 4.69) is 10.0 Å². The van der Waals surface area contributed by atoms with E-state index in [1.165, 1.54) is 48.5 Å². The topological polar surface area (TPSA) is 75.3 Å². The average Bonchev–Trinajstić information content (AvgIpc) is 2.66. The van der Waals surface area contributed by atoms with E-state index in [9.17, 15) is 22.0 Å². The van der Waals surface area contributed by atoms with Gasteiger partial charge in [0.05, 0.1) is 10.6 Å². The number of hydrogen-bond acceptors (Lipinski definition) is 3. The van der Waals surface area contributed by atoms with E-state index in [0.29, 0.717) is 16.3 Å². The van der Waals surface area contributed by atoms with Gasteiger partial charge in [0.25, 0.3) is 15.9 Å². The number of amides is 1. The van der Waals surface area contributed by atoms with Gasteiger partial charge in [-0.1, -0.05) is 11.6 Å². The second kappa shape index (κ2) is 8.18. The van der Waals surface area contributed by atoms with Crippen molar-refractivity contribution in [3.05, 3.63) is 88.4 Å². The summed E-state index contributed by atoms with van der Waals surface area (Å²) in [7, 11) is -3.83. The van der Waals surface area contributed by atoms with Gasteiger partial charge >= 0.3 is 0 Å². The van der Waals surface area contributed by atoms with Gasteiger partial charge in [-0.2, -0.15) is 0 Å². The minimum absolute atomic E-state index is 0.0430. The molecule has 150 valence electrons. The van der Waals surface area contributed by atoms with Crippen LogP contribution < -0.4 is 10.0 Å². The van der Waals surface area contributed by atoms with Gasteiger partial charge in [0.15, 0.2) is 11.6 Å². The Labute approximate surface area is 171 Å². The fourth-order valence-corrected chi connectivity index (χ4v) is 3.77. The van der Waals surface area contributed by atoms with Crippen LogP contribution in [0.4, 0.5) is 20.2 Å². The number of carbonyl (C=O) groups is 1. The molecule has 0 heterocycles. The van der Waals surface area contributed by atoms with Gasteiger partial charge in [0.1, 0.15) is 0 Å². The third-order valence-corrected chi connectivity index (χ3v) is 5.67. The lowest BCUT2D eigenvalue weighted by atomic mass is 10.1. The molecule has 2 N–H and O–H groups in total. The van der Waals surface area contributed by atoms with Crippen molar-refractivity contribution in [3.8, 4) is 0 Å². The molecule has 0 atom stereocenters. The highest BCUT2D eigenvalue weighted by molar-refractivity contribution is 7.92. The zero-order chi connectivity index (χ0) is 21.2. The number of nitrogens with one attached hydrogen (secondary N) is 2. The molecule has 3 aromatic rings. The van der Waals surface area contributed by atoms with Crippen LogP contribution in [0.1, 0.15) is 15.9 Å². The Balaban J connectivity index is 1.78. The van der Waals surface area contributed by atoms with Crippen LogP contribution in [-0.4, -0.2) is 14.3 Å². The van der Waals surface area contributed by atoms with Crippen LogP contribution in [0.5, 0.6) is 0 Å². The van der Waals surface area contributed by atoms with E-state index in [1.54, 1.807) is 6.92 Å². The zero-order valence-corrected chi connectivity index (χ0v) is 16.6. The summed E-state index contributed by atoms with van der Waals surface area (Å²) >= 11 is 5.78. The molecule has 0 spiro atoms. The molecule has 0 bridgehead atoms. The summed E-state index contributed by atoms with van der Waals surface area (Å²) in [6.07, 6.45) is 0. The van der Waals surface area contributed by atoms with E-state index < -0.39 is 27.6 Å². The second-order valence-electron chi connectivity index (χ2n) is 6.17. The van der Waals surface area contributed by atoms with Crippen LogP contribution in [0.3, 0.4) is 0 Å². The summed E-state index contributed by atoms with van der Waals surface area (Å²) in [6, 6.07) is 13.0. The quantitative estimate of drug-likeness (QED) is 0.592. The summed E-state index contributed by atoms with van der Waals surface area (Å²) in [6.45, 7) is 1.63. The summed E-state index contributed by atoms with van der Waals surface area (Å²) in [5.41, 5.74) is 1.12. The van der Waals surface area contributed by atoms with Crippen LogP contribution in [0.2, 0.25) is 5.02 Å². The molecule has 1 amide bonds. The van der Waals surface area contributed by atoms with E-state index in [4.69, 9.17) is 11.6 Å². The lowest BCUT2D eigenvalue weighted by molar-refractivity contribution is 0.102. The molecule has 3 rings (SSSR count). The standard InChI is InChI=1S/C20H15ClF2N2O3S/c1-12-10-13(20(26)24-15-5-8-17(22)18(23)11-15)2-9-19(12)25-29(27,28)16-6-3-14(21)4-7-16/h2-11,25H,1H3,(H,24,26). The van der Waals surface area contributed by atoms with Gasteiger partial charge in [-0.15, -0.1) is 0 Å². The molecule has 0 radical (unpaired) electrons. The highest BCUT2D eigenvalue weighted by atomic mass is 35.5. The highest BCUT2D eigenvalue weighted by Gasteiger charge is 2.16. The van der Waals surface area contributed by atoms with Crippen molar-refractivity contribution in [1.29, 1.82) is 0 Å². The van der Waals surface area contributed by atoms with Crippen LogP contribution in [-0.2, 0) is 10.0 Å². The molecule has 3 aromatic carbocycles. The first-order chi connectivity index (χ1) is 13.7. The summed E-state index contributed by atoms with van der Waals surface area (Å²) < 4.78 is 53.7. The van der Waals surface area contributed by atoms with Crippen molar-refractivity contribution in [1.82, 2.24) is 0 Å². The molecule has 0 aliphatic rings. The van der Waals surface area contributed by atoms with Crippen molar-refractivity contribution in [2.45, 2.75) is 11.8 Å². The first kappa shape index (κ1) is 20.8. The summed E-state index contributed by atoms with van der Waals surface area (Å²) in [5.74, 6) is -2.65. The number of carbonyl (C=O) groups excluding carboxylic acids is 1. The van der Waals surface area contributed by atoms with Crippen LogP contribution in [0, 0.1) is 18.6 Å². The first-order valence-electron chi connectivity index (χ1n) is 8.31. The molecule has 5 nitrogen and oxygen atoms in total. The maximum atomic E-state index is 13.3. The van der Waals surface area contributed by atoms with Crippen molar-refractivity contribution < 1.29 is 22.0 Å². The molecular formula is C20H15ClF2N2O3S. The number of anilines is 2. The number of hydrogen-bond donors (Lipinski definition) is 2. The molecule has 0 saturated heterocycles. The monoisotopic (exact) mass is 436 g/mol. The first-order valence-corrected chi connectivity index (χ1v) is 10.2. The van der Waals surface area contributed by atoms with Crippen molar-refractivity contribution in [2.75, 3.05) is 10.0 Å². The predicted octanol–water partition coefficient (Wildman–Crippen LogP) is 4.98. The van der Waals surface area contributed by atoms with Gasteiger partial charge in [-0.05, 0) is 67.1 Å². The van der Waals surface area contributed by atoms with Crippen LogP contribution in [0.25, 0.3) is 0 Å². The van der Waals surface area contributed by atoms with E-state index >= 15 is 0 Å². The van der Waals surface area contributed by atoms with Crippen molar-refractivity contribution >= 4 is 38.9 Å². The number of halogens is 3. The van der Waals surface area contributed by atoms with E-state index in [1.807, 2.05) is 0 Å². The predicted molar refractivity (Wildman–Crippen MR) is 108 cm³/mol. The second-order valence-corrected chi connectivity index (χ2v) is 8.29. The minimum atomic E-state index is -3.83. The van der Waals surface area contributed by atoms with Crippen molar-refractivity contribution in [3.63, 3.8) is 0 Å². The molecule has 0 unspecified atom stereocenters. The summed E-state index contributed by atoms with van der Waals surface area (Å²) in [5, 5.41) is 2.87. The van der Waals surface area contributed by atoms with E-state index in [0.717, 1.165) is 12.1 Å². The van der Waals surface area contributed by atoms with Crippen LogP contribution in [0.15, 0.2) is 65.6 Å². The Morgan fingerprint density at radius 2 is 1.62 bits per heavy atom. The fourth-order valence-electron chi connectivity index (χ4n) is 2.51. The van der Waals surface area contributed by atoms with Crippen LogP contribution >= 0.6 is 11.6 Å². The Morgan fingerprint density at radius 1 is 0.931 bits per heavy atom. The molecule has 0 saturated carbocycles. The Hall–Kier alpha value is -2.97. The molecule has 0 aliphatic carbocycles. The highest BCUT2D eigenvalue weighted by Crippen LogP contribution is 2.23. The third kappa shape index (κ3) is 4.90. The molecule has 29 heavy (non-hydrogen) atoms. The van der Waals surface area contributed by atoms with Crippen molar-refractivity contribution in [2.24, 2.45) is 0 Å². The number of benzene rings is 3. The van der Waals surface area contributed by atoms with Gasteiger partial charge in [0.2, 0.25) is 0 Å². The van der Waals surface area contributed by atoms with Gasteiger partial charge in [-0.25, -0.2) is 17.2 Å². The average molecular weight is 437 g/mol. The lowest BCUT2D eigenvalue weighted by Gasteiger charge is -2.12. The molecule has 9 heteroatoms. The minimum Gasteiger partial charge on any atom is -0.322 e. The maximum absolute atomic E-state index is 13.3. The van der Waals surface area contributed by atoms with Gasteiger partial charge in [-0.3, -0.25) is 9.52 Å². The smallest absolute Gasteiger partial charge is 0.261 e. The SMILES string of the molecule is Cc1cc(C(=O)Nc2ccc(F)c(F)c2)ccc1NS(=O)(=O)c1ccc(Cl)cc1. The maximum Gasteiger partial charge on any atom is 0.261 e. The van der Waals surface area contributed by atoms with E-state index in [-0.39, 0.29) is 16.1 Å². The number of aryl methyl sites for hydroxylation is 1. The molecular weight excluding hydrogens is 422 g/mol. The lowest BCUT2D eigenvalue weighted by Crippen LogP contribution is -2.15. The van der Waals surface area contributed by atoms with Gasteiger partial charge in [0, 0.05) is 22.3 Å². The number of sulfonamides is 1. The zero-order valence-electron chi connectivity index (χ0n) is 15.0. The molecule has 0 aromatic heterocycles.